The van der Waals surface area contributed by atoms with E-state index in [4.69, 9.17) is 9.47 Å². The number of hydrogen-bond donors (Lipinski definition) is 2. The third kappa shape index (κ3) is 6.99. The molecule has 0 bridgehead atoms. The lowest BCUT2D eigenvalue weighted by atomic mass is 10.0. The fourth-order valence-corrected chi connectivity index (χ4v) is 4.66. The number of methoxy groups -OCH3 is 1. The van der Waals surface area contributed by atoms with Crippen LogP contribution >= 0.6 is 0 Å². The SMILES string of the molecule is CO[C@@H]1CN(C)C(=O)c2ccc(NC(=O)Nc3ccccc3F)cc2OC[C@@H](C)N(CC2CC2)C[C@H]1C. The quantitative estimate of drug-likeness (QED) is 0.608. The Labute approximate surface area is 218 Å². The second-order valence-corrected chi connectivity index (χ2v) is 10.3. The van der Waals surface area contributed by atoms with E-state index in [1.165, 1.54) is 25.0 Å². The van der Waals surface area contributed by atoms with Crippen LogP contribution in [0.2, 0.25) is 0 Å². The molecule has 0 radical (unpaired) electrons. The van der Waals surface area contributed by atoms with E-state index in [-0.39, 0.29) is 29.7 Å². The molecule has 3 amide bonds. The molecule has 2 aliphatic rings. The Morgan fingerprint density at radius 3 is 2.59 bits per heavy atom. The van der Waals surface area contributed by atoms with Gasteiger partial charge < -0.3 is 25.0 Å². The Bertz CT molecular complexity index is 1110. The highest BCUT2D eigenvalue weighted by Crippen LogP contribution is 2.32. The van der Waals surface area contributed by atoms with Gasteiger partial charge in [0.1, 0.15) is 18.2 Å². The van der Waals surface area contributed by atoms with Gasteiger partial charge in [0.15, 0.2) is 0 Å². The zero-order valence-corrected chi connectivity index (χ0v) is 22.0. The highest BCUT2D eigenvalue weighted by molar-refractivity contribution is 6.01. The first-order valence-corrected chi connectivity index (χ1v) is 12.9. The normalized spacial score (nSPS) is 23.3. The molecule has 3 atom stereocenters. The molecular formula is C28H37FN4O4. The van der Waals surface area contributed by atoms with Crippen molar-refractivity contribution in [3.8, 4) is 5.75 Å². The van der Waals surface area contributed by atoms with Crippen LogP contribution < -0.4 is 15.4 Å². The molecule has 0 spiro atoms. The Balaban J connectivity index is 1.56. The number of nitrogens with one attached hydrogen (secondary N) is 2. The molecular weight excluding hydrogens is 475 g/mol. The fraction of sp³-hybridized carbons (Fsp3) is 0.500. The zero-order valence-electron chi connectivity index (χ0n) is 22.0. The van der Waals surface area contributed by atoms with Crippen LogP contribution in [0, 0.1) is 17.7 Å². The molecule has 0 saturated heterocycles. The second-order valence-electron chi connectivity index (χ2n) is 10.3. The van der Waals surface area contributed by atoms with Gasteiger partial charge in [-0.15, -0.1) is 0 Å². The van der Waals surface area contributed by atoms with E-state index in [0.29, 0.717) is 30.2 Å². The van der Waals surface area contributed by atoms with E-state index in [0.717, 1.165) is 19.0 Å². The molecule has 37 heavy (non-hydrogen) atoms. The number of likely N-dealkylation sites (N-methyl/N-ethyl adjacent to an activating group) is 1. The van der Waals surface area contributed by atoms with Crippen molar-refractivity contribution in [1.29, 1.82) is 0 Å². The predicted molar refractivity (Wildman–Crippen MR) is 142 cm³/mol. The lowest BCUT2D eigenvalue weighted by Crippen LogP contribution is -2.47. The van der Waals surface area contributed by atoms with Crippen molar-refractivity contribution in [2.45, 2.75) is 38.8 Å². The topological polar surface area (TPSA) is 83.1 Å². The van der Waals surface area contributed by atoms with Gasteiger partial charge in [-0.2, -0.15) is 0 Å². The molecule has 8 nitrogen and oxygen atoms in total. The fourth-order valence-electron chi connectivity index (χ4n) is 4.66. The average molecular weight is 513 g/mol. The van der Waals surface area contributed by atoms with Crippen LogP contribution in [0.3, 0.4) is 0 Å². The van der Waals surface area contributed by atoms with Crippen molar-refractivity contribution in [2.75, 3.05) is 51.0 Å². The molecule has 2 aromatic rings. The zero-order chi connectivity index (χ0) is 26.5. The number of amides is 3. The van der Waals surface area contributed by atoms with Crippen LogP contribution in [-0.4, -0.2) is 74.3 Å². The molecule has 1 heterocycles. The number of nitrogens with zero attached hydrogens (tertiary/aromatic N) is 2. The van der Waals surface area contributed by atoms with Crippen molar-refractivity contribution in [2.24, 2.45) is 11.8 Å². The molecule has 1 fully saturated rings. The third-order valence-corrected chi connectivity index (χ3v) is 7.15. The van der Waals surface area contributed by atoms with E-state index < -0.39 is 11.8 Å². The van der Waals surface area contributed by atoms with Crippen molar-refractivity contribution >= 4 is 23.3 Å². The Hall–Kier alpha value is -3.17. The van der Waals surface area contributed by atoms with Crippen LogP contribution in [0.4, 0.5) is 20.6 Å². The summed E-state index contributed by atoms with van der Waals surface area (Å²) in [6.07, 6.45) is 2.42. The first-order chi connectivity index (χ1) is 17.7. The van der Waals surface area contributed by atoms with Crippen molar-refractivity contribution in [1.82, 2.24) is 9.80 Å². The minimum absolute atomic E-state index is 0.0749. The van der Waals surface area contributed by atoms with Crippen molar-refractivity contribution in [3.63, 3.8) is 0 Å². The summed E-state index contributed by atoms with van der Waals surface area (Å²) in [5, 5.41) is 5.21. The maximum absolute atomic E-state index is 13.9. The van der Waals surface area contributed by atoms with Gasteiger partial charge in [0.2, 0.25) is 0 Å². The standard InChI is InChI=1S/C28H37FN4O4/c1-18-14-33(15-20-9-10-20)19(2)17-37-25-13-21(30-28(35)31-24-8-6-5-7-23(24)29)11-12-22(25)27(34)32(3)16-26(18)36-4/h5-8,11-13,18-20,26H,9-10,14-17H2,1-4H3,(H2,30,31,35)/t18-,19-,26-/m1/s1. The van der Waals surface area contributed by atoms with E-state index in [1.54, 1.807) is 49.4 Å². The van der Waals surface area contributed by atoms with Gasteiger partial charge in [0.25, 0.3) is 5.91 Å². The Morgan fingerprint density at radius 2 is 1.89 bits per heavy atom. The number of anilines is 2. The largest absolute Gasteiger partial charge is 0.491 e. The van der Waals surface area contributed by atoms with Gasteiger partial charge in [-0.25, -0.2) is 9.18 Å². The molecule has 1 saturated carbocycles. The number of benzene rings is 2. The minimum atomic E-state index is -0.595. The molecule has 0 aromatic heterocycles. The number of fused-ring (bicyclic) bond motifs is 1. The number of halogens is 1. The maximum Gasteiger partial charge on any atom is 0.323 e. The number of ether oxygens (including phenoxy) is 2. The van der Waals surface area contributed by atoms with Crippen LogP contribution in [-0.2, 0) is 4.74 Å². The Kier molecular flexibility index (Phi) is 8.66. The predicted octanol–water partition coefficient (Wildman–Crippen LogP) is 4.69. The van der Waals surface area contributed by atoms with Gasteiger partial charge >= 0.3 is 6.03 Å². The second kappa shape index (κ2) is 11.9. The molecule has 2 N–H and O–H groups in total. The summed E-state index contributed by atoms with van der Waals surface area (Å²) >= 11 is 0. The van der Waals surface area contributed by atoms with E-state index in [1.807, 2.05) is 0 Å². The number of carbonyl (C=O) groups is 2. The van der Waals surface area contributed by atoms with E-state index in [2.05, 4.69) is 29.4 Å². The first kappa shape index (κ1) is 26.9. The summed E-state index contributed by atoms with van der Waals surface area (Å²) in [6, 6.07) is 10.4. The van der Waals surface area contributed by atoms with Gasteiger partial charge in [-0.3, -0.25) is 9.69 Å². The summed E-state index contributed by atoms with van der Waals surface area (Å²) < 4.78 is 25.9. The molecule has 4 rings (SSSR count). The molecule has 200 valence electrons. The molecule has 9 heteroatoms. The number of carbonyl (C=O) groups excluding carboxylic acids is 2. The van der Waals surface area contributed by atoms with Crippen LogP contribution in [0.25, 0.3) is 0 Å². The number of rotatable bonds is 5. The summed E-state index contributed by atoms with van der Waals surface area (Å²) in [5.74, 6) is 0.639. The van der Waals surface area contributed by atoms with Gasteiger partial charge in [0.05, 0.1) is 17.4 Å². The lowest BCUT2D eigenvalue weighted by molar-refractivity contribution is 0.00994. The maximum atomic E-state index is 13.9. The lowest BCUT2D eigenvalue weighted by Gasteiger charge is -2.36. The van der Waals surface area contributed by atoms with Gasteiger partial charge in [0, 0.05) is 51.6 Å². The highest BCUT2D eigenvalue weighted by atomic mass is 19.1. The van der Waals surface area contributed by atoms with Crippen molar-refractivity contribution < 1.29 is 23.5 Å². The van der Waals surface area contributed by atoms with Crippen molar-refractivity contribution in [3.05, 3.63) is 53.8 Å². The van der Waals surface area contributed by atoms with Crippen LogP contribution in [0.1, 0.15) is 37.0 Å². The molecule has 2 aromatic carbocycles. The number of para-hydroxylation sites is 1. The molecule has 1 aliphatic heterocycles. The summed E-state index contributed by atoms with van der Waals surface area (Å²) in [6.45, 7) is 7.03. The highest BCUT2D eigenvalue weighted by Gasteiger charge is 2.31. The van der Waals surface area contributed by atoms with E-state index in [9.17, 15) is 14.0 Å². The third-order valence-electron chi connectivity index (χ3n) is 7.15. The smallest absolute Gasteiger partial charge is 0.323 e. The van der Waals surface area contributed by atoms with Gasteiger partial charge in [-0.1, -0.05) is 19.1 Å². The number of urea groups is 1. The average Bonchev–Trinajstić information content (AvgIpc) is 3.70. The monoisotopic (exact) mass is 512 g/mol. The summed E-state index contributed by atoms with van der Waals surface area (Å²) in [7, 11) is 3.45. The minimum Gasteiger partial charge on any atom is -0.491 e. The van der Waals surface area contributed by atoms with Gasteiger partial charge in [-0.05, 0) is 55.9 Å². The Morgan fingerprint density at radius 1 is 1.14 bits per heavy atom. The molecule has 0 unspecified atom stereocenters. The van der Waals surface area contributed by atoms with Crippen LogP contribution in [0.15, 0.2) is 42.5 Å². The first-order valence-electron chi connectivity index (χ1n) is 12.9. The molecule has 1 aliphatic carbocycles. The summed E-state index contributed by atoms with van der Waals surface area (Å²) in [4.78, 5) is 30.0. The van der Waals surface area contributed by atoms with Crippen LogP contribution in [0.5, 0.6) is 5.75 Å². The number of hydrogen-bond acceptors (Lipinski definition) is 5. The van der Waals surface area contributed by atoms with E-state index >= 15 is 0 Å². The summed E-state index contributed by atoms with van der Waals surface area (Å²) in [5.41, 5.74) is 0.915.